The van der Waals surface area contributed by atoms with E-state index in [1.165, 1.54) is 6.07 Å². The fourth-order valence-electron chi connectivity index (χ4n) is 1.77. The summed E-state index contributed by atoms with van der Waals surface area (Å²) in [6, 6.07) is 4.83. The van der Waals surface area contributed by atoms with Crippen molar-refractivity contribution in [3.8, 4) is 5.75 Å². The molecule has 0 aromatic heterocycles. The fraction of sp³-hybridized carbons (Fsp3) is 0.467. The van der Waals surface area contributed by atoms with E-state index in [0.717, 1.165) is 0 Å². The monoisotopic (exact) mass is 295 g/mol. The van der Waals surface area contributed by atoms with E-state index in [-0.39, 0.29) is 17.9 Å². The quantitative estimate of drug-likeness (QED) is 0.725. The Morgan fingerprint density at radius 3 is 2.52 bits per heavy atom. The van der Waals surface area contributed by atoms with Crippen molar-refractivity contribution in [2.45, 2.75) is 45.6 Å². The lowest BCUT2D eigenvalue weighted by molar-refractivity contribution is -0.137. The lowest BCUT2D eigenvalue weighted by Gasteiger charge is -2.20. The van der Waals surface area contributed by atoms with Crippen LogP contribution in [-0.4, -0.2) is 27.9 Å². The number of anilines is 1. The maximum absolute atomic E-state index is 11.8. The Morgan fingerprint density at radius 2 is 1.95 bits per heavy atom. The Balaban J connectivity index is 2.80. The summed E-state index contributed by atoms with van der Waals surface area (Å²) in [6.07, 6.45) is 0.221. The van der Waals surface area contributed by atoms with Crippen LogP contribution in [0.5, 0.6) is 5.75 Å². The minimum absolute atomic E-state index is 0.0293. The van der Waals surface area contributed by atoms with Gasteiger partial charge in [0.05, 0.1) is 5.69 Å². The molecule has 0 radical (unpaired) electrons. The van der Waals surface area contributed by atoms with Crippen LogP contribution >= 0.6 is 0 Å². The minimum Gasteiger partial charge on any atom is -0.506 e. The number of carboxylic acids is 1. The molecule has 0 aliphatic rings. The van der Waals surface area contributed by atoms with Gasteiger partial charge in [-0.25, -0.2) is 4.79 Å². The maximum atomic E-state index is 11.8. The lowest BCUT2D eigenvalue weighted by atomic mass is 10.1. The van der Waals surface area contributed by atoms with Gasteiger partial charge in [0.15, 0.2) is 0 Å². The molecule has 21 heavy (non-hydrogen) atoms. The van der Waals surface area contributed by atoms with Gasteiger partial charge in [-0.2, -0.15) is 0 Å². The molecule has 1 amide bonds. The zero-order valence-corrected chi connectivity index (χ0v) is 12.5. The molecule has 0 unspecified atom stereocenters. The first-order chi connectivity index (χ1) is 9.69. The zero-order valence-electron chi connectivity index (χ0n) is 12.5. The first-order valence-electron chi connectivity index (χ1n) is 6.71. The predicted octanol–water partition coefficient (Wildman–Crippen LogP) is 3.15. The molecular formula is C15H21NO5. The van der Waals surface area contributed by atoms with Crippen molar-refractivity contribution in [2.75, 3.05) is 5.32 Å². The molecule has 0 fully saturated rings. The highest BCUT2D eigenvalue weighted by Crippen LogP contribution is 2.29. The van der Waals surface area contributed by atoms with Crippen molar-refractivity contribution in [3.05, 3.63) is 23.8 Å². The summed E-state index contributed by atoms with van der Waals surface area (Å²) >= 11 is 0. The van der Waals surface area contributed by atoms with E-state index >= 15 is 0 Å². The largest absolute Gasteiger partial charge is 0.506 e. The van der Waals surface area contributed by atoms with Gasteiger partial charge in [0.25, 0.3) is 0 Å². The number of aliphatic carboxylic acids is 1. The highest BCUT2D eigenvalue weighted by atomic mass is 16.6. The molecule has 0 saturated heterocycles. The Hall–Kier alpha value is -2.24. The smallest absolute Gasteiger partial charge is 0.412 e. The van der Waals surface area contributed by atoms with E-state index in [9.17, 15) is 14.7 Å². The Bertz CT molecular complexity index is 519. The van der Waals surface area contributed by atoms with E-state index in [2.05, 4.69) is 5.32 Å². The van der Waals surface area contributed by atoms with Crippen molar-refractivity contribution < 1.29 is 24.5 Å². The molecule has 1 aromatic rings. The van der Waals surface area contributed by atoms with Crippen molar-refractivity contribution in [1.29, 1.82) is 0 Å². The molecule has 0 atom stereocenters. The first-order valence-corrected chi connectivity index (χ1v) is 6.71. The molecule has 0 bridgehead atoms. The fourth-order valence-corrected chi connectivity index (χ4v) is 1.77. The van der Waals surface area contributed by atoms with Crippen LogP contribution in [-0.2, 0) is 16.0 Å². The molecule has 116 valence electrons. The number of phenols is 1. The number of ether oxygens (including phenoxy) is 1. The predicted molar refractivity (Wildman–Crippen MR) is 78.5 cm³/mol. The third-order valence-electron chi connectivity index (χ3n) is 2.59. The molecular weight excluding hydrogens is 274 g/mol. The van der Waals surface area contributed by atoms with E-state index in [4.69, 9.17) is 9.84 Å². The van der Waals surface area contributed by atoms with Crippen molar-refractivity contribution in [3.63, 3.8) is 0 Å². The molecule has 1 aromatic carbocycles. The number of phenolic OH excluding ortho intramolecular Hbond substituents is 1. The topological polar surface area (TPSA) is 95.9 Å². The molecule has 6 nitrogen and oxygen atoms in total. The summed E-state index contributed by atoms with van der Waals surface area (Å²) in [4.78, 5) is 22.3. The zero-order chi connectivity index (χ0) is 16.0. The van der Waals surface area contributed by atoms with Gasteiger partial charge in [-0.3, -0.25) is 10.1 Å². The molecule has 0 aliphatic heterocycles. The maximum Gasteiger partial charge on any atom is 0.412 e. The van der Waals surface area contributed by atoms with Crippen LogP contribution in [0.15, 0.2) is 18.2 Å². The molecule has 0 aliphatic carbocycles. The van der Waals surface area contributed by atoms with E-state index in [1.807, 2.05) is 0 Å². The summed E-state index contributed by atoms with van der Waals surface area (Å²) in [5.41, 5.74) is 0.289. The van der Waals surface area contributed by atoms with E-state index < -0.39 is 17.7 Å². The van der Waals surface area contributed by atoms with E-state index in [1.54, 1.807) is 32.9 Å². The van der Waals surface area contributed by atoms with Gasteiger partial charge in [-0.15, -0.1) is 0 Å². The Labute approximate surface area is 123 Å². The number of aryl methyl sites for hydroxylation is 1. The Kier molecular flexibility index (Phi) is 5.58. The van der Waals surface area contributed by atoms with Crippen LogP contribution < -0.4 is 5.32 Å². The number of para-hydroxylation sites is 1. The van der Waals surface area contributed by atoms with Crippen LogP contribution in [0.1, 0.15) is 39.2 Å². The van der Waals surface area contributed by atoms with Gasteiger partial charge in [0.2, 0.25) is 0 Å². The summed E-state index contributed by atoms with van der Waals surface area (Å²) in [7, 11) is 0. The number of carboxylic acid groups (broad SMARTS) is 1. The van der Waals surface area contributed by atoms with Gasteiger partial charge >= 0.3 is 12.1 Å². The van der Waals surface area contributed by atoms with Crippen LogP contribution in [0.4, 0.5) is 10.5 Å². The molecule has 3 N–H and O–H groups in total. The van der Waals surface area contributed by atoms with Crippen molar-refractivity contribution in [2.24, 2.45) is 0 Å². The van der Waals surface area contributed by atoms with Gasteiger partial charge < -0.3 is 14.9 Å². The Morgan fingerprint density at radius 1 is 1.29 bits per heavy atom. The normalized spacial score (nSPS) is 11.0. The lowest BCUT2D eigenvalue weighted by Crippen LogP contribution is -2.27. The number of hydrogen-bond acceptors (Lipinski definition) is 4. The molecule has 0 spiro atoms. The highest BCUT2D eigenvalue weighted by molar-refractivity contribution is 5.88. The van der Waals surface area contributed by atoms with Gasteiger partial charge in [0, 0.05) is 6.42 Å². The number of benzene rings is 1. The molecule has 0 heterocycles. The second-order valence-electron chi connectivity index (χ2n) is 5.69. The number of nitrogens with one attached hydrogen (secondary N) is 1. The summed E-state index contributed by atoms with van der Waals surface area (Å²) < 4.78 is 5.14. The van der Waals surface area contributed by atoms with Gasteiger partial charge in [0.1, 0.15) is 11.4 Å². The number of rotatable bonds is 5. The van der Waals surface area contributed by atoms with Crippen LogP contribution in [0.3, 0.4) is 0 Å². The standard InChI is InChI=1S/C15H21NO5/c1-15(2,3)21-14(20)16-13-10(6-4-8-11(13)17)7-5-9-12(18)19/h4,6,8,17H,5,7,9H2,1-3H3,(H,16,20)(H,18,19). The SMILES string of the molecule is CC(C)(C)OC(=O)Nc1c(O)cccc1CCCC(=O)O. The number of hydrogen-bond donors (Lipinski definition) is 3. The van der Waals surface area contributed by atoms with Crippen molar-refractivity contribution in [1.82, 2.24) is 0 Å². The summed E-state index contributed by atoms with van der Waals surface area (Å²) in [5.74, 6) is -0.953. The number of amides is 1. The van der Waals surface area contributed by atoms with Crippen LogP contribution in [0, 0.1) is 0 Å². The van der Waals surface area contributed by atoms with Gasteiger partial charge in [-0.05, 0) is 45.2 Å². The molecule has 6 heteroatoms. The second kappa shape index (κ2) is 6.97. The summed E-state index contributed by atoms with van der Waals surface area (Å²) in [5, 5.41) is 21.0. The van der Waals surface area contributed by atoms with Gasteiger partial charge in [-0.1, -0.05) is 12.1 Å². The van der Waals surface area contributed by atoms with Crippen molar-refractivity contribution >= 4 is 17.7 Å². The molecule has 0 saturated carbocycles. The third-order valence-corrected chi connectivity index (χ3v) is 2.59. The number of carbonyl (C=O) groups excluding carboxylic acids is 1. The summed E-state index contributed by atoms with van der Waals surface area (Å²) in [6.45, 7) is 5.22. The average molecular weight is 295 g/mol. The average Bonchev–Trinajstić information content (AvgIpc) is 2.30. The second-order valence-corrected chi connectivity index (χ2v) is 5.69. The number of carbonyl (C=O) groups is 2. The highest BCUT2D eigenvalue weighted by Gasteiger charge is 2.18. The first kappa shape index (κ1) is 16.8. The van der Waals surface area contributed by atoms with E-state index in [0.29, 0.717) is 18.4 Å². The number of aromatic hydroxyl groups is 1. The molecule has 1 rings (SSSR count). The third kappa shape index (κ3) is 6.16. The van der Waals surface area contributed by atoms with Crippen LogP contribution in [0.25, 0.3) is 0 Å². The van der Waals surface area contributed by atoms with Crippen LogP contribution in [0.2, 0.25) is 0 Å². The minimum atomic E-state index is -0.878.